The Morgan fingerprint density at radius 1 is 1.48 bits per heavy atom. The van der Waals surface area contributed by atoms with E-state index < -0.39 is 11.9 Å². The smallest absolute Gasteiger partial charge is 0.312 e. The zero-order valence-corrected chi connectivity index (χ0v) is 12.7. The third-order valence-corrected chi connectivity index (χ3v) is 3.98. The topological polar surface area (TPSA) is 81.8 Å². The third-order valence-electron chi connectivity index (χ3n) is 3.76. The minimum Gasteiger partial charge on any atom is -0.493 e. The van der Waals surface area contributed by atoms with Crippen LogP contribution < -0.4 is 15.2 Å². The summed E-state index contributed by atoms with van der Waals surface area (Å²) in [7, 11) is 1.51. The molecule has 1 aliphatic carbocycles. The maximum atomic E-state index is 11.4. The summed E-state index contributed by atoms with van der Waals surface area (Å²) in [5.41, 5.74) is 6.08. The standard InChI is InChI=1S/C15H20ClNO4/c1-20-13-7-9(16)6-11(12(8-17)15(18)19)14(13)21-10-4-2-3-5-10/h6-7,10,12H,2-5,8,17H2,1H3,(H,18,19). The maximum Gasteiger partial charge on any atom is 0.312 e. The van der Waals surface area contributed by atoms with Crippen molar-refractivity contribution in [2.45, 2.75) is 37.7 Å². The molecule has 116 valence electrons. The van der Waals surface area contributed by atoms with Crippen LogP contribution in [0.25, 0.3) is 0 Å². The summed E-state index contributed by atoms with van der Waals surface area (Å²) in [6.45, 7) is -0.0279. The Hall–Kier alpha value is -1.46. The van der Waals surface area contributed by atoms with Crippen LogP contribution in [0.2, 0.25) is 5.02 Å². The number of carbonyl (C=O) groups is 1. The maximum absolute atomic E-state index is 11.4. The Balaban J connectivity index is 2.44. The van der Waals surface area contributed by atoms with Gasteiger partial charge in [-0.3, -0.25) is 4.79 Å². The fourth-order valence-corrected chi connectivity index (χ4v) is 2.88. The minimum atomic E-state index is -1.00. The molecule has 1 unspecified atom stereocenters. The molecule has 1 atom stereocenters. The molecular weight excluding hydrogens is 294 g/mol. The van der Waals surface area contributed by atoms with E-state index in [1.165, 1.54) is 7.11 Å². The van der Waals surface area contributed by atoms with Crippen LogP contribution in [0.15, 0.2) is 12.1 Å². The van der Waals surface area contributed by atoms with E-state index in [1.54, 1.807) is 12.1 Å². The van der Waals surface area contributed by atoms with E-state index in [4.69, 9.17) is 26.8 Å². The van der Waals surface area contributed by atoms with Crippen LogP contribution in [0.1, 0.15) is 37.2 Å². The van der Waals surface area contributed by atoms with Crippen molar-refractivity contribution in [3.05, 3.63) is 22.7 Å². The van der Waals surface area contributed by atoms with Crippen LogP contribution in [0.4, 0.5) is 0 Å². The van der Waals surface area contributed by atoms with Gasteiger partial charge in [0.2, 0.25) is 0 Å². The van der Waals surface area contributed by atoms with Crippen LogP contribution in [-0.4, -0.2) is 30.8 Å². The number of carboxylic acids is 1. The van der Waals surface area contributed by atoms with Crippen LogP contribution in [-0.2, 0) is 4.79 Å². The molecule has 0 saturated heterocycles. The summed E-state index contributed by atoms with van der Waals surface area (Å²) >= 11 is 6.05. The van der Waals surface area contributed by atoms with Crippen LogP contribution in [0.5, 0.6) is 11.5 Å². The highest BCUT2D eigenvalue weighted by molar-refractivity contribution is 6.30. The van der Waals surface area contributed by atoms with Gasteiger partial charge in [0.1, 0.15) is 0 Å². The van der Waals surface area contributed by atoms with Crippen molar-refractivity contribution >= 4 is 17.6 Å². The van der Waals surface area contributed by atoms with E-state index in [0.29, 0.717) is 22.1 Å². The number of nitrogens with two attached hydrogens (primary N) is 1. The summed E-state index contributed by atoms with van der Waals surface area (Å²) in [5.74, 6) is -0.970. The molecule has 0 aromatic heterocycles. The van der Waals surface area contributed by atoms with Gasteiger partial charge in [0.15, 0.2) is 11.5 Å². The van der Waals surface area contributed by atoms with E-state index in [2.05, 4.69) is 0 Å². The summed E-state index contributed by atoms with van der Waals surface area (Å²) in [5, 5.41) is 9.75. The Morgan fingerprint density at radius 2 is 2.14 bits per heavy atom. The number of hydrogen-bond acceptors (Lipinski definition) is 4. The van der Waals surface area contributed by atoms with Gasteiger partial charge in [0, 0.05) is 23.2 Å². The van der Waals surface area contributed by atoms with Crippen molar-refractivity contribution in [2.24, 2.45) is 5.73 Å². The number of aliphatic carboxylic acids is 1. The van der Waals surface area contributed by atoms with E-state index in [9.17, 15) is 9.90 Å². The molecule has 0 aliphatic heterocycles. The van der Waals surface area contributed by atoms with Crippen molar-refractivity contribution in [1.29, 1.82) is 0 Å². The molecular formula is C15H20ClNO4. The van der Waals surface area contributed by atoms with Crippen molar-refractivity contribution in [3.63, 3.8) is 0 Å². The Kier molecular flexibility index (Phi) is 5.31. The highest BCUT2D eigenvalue weighted by Crippen LogP contribution is 2.40. The van der Waals surface area contributed by atoms with Crippen molar-refractivity contribution in [3.8, 4) is 11.5 Å². The molecule has 0 bridgehead atoms. The number of hydrogen-bond donors (Lipinski definition) is 2. The predicted octanol–water partition coefficient (Wildman–Crippen LogP) is 2.80. The number of ether oxygens (including phenoxy) is 2. The lowest BCUT2D eigenvalue weighted by Crippen LogP contribution is -2.23. The van der Waals surface area contributed by atoms with Gasteiger partial charge in [-0.05, 0) is 31.7 Å². The molecule has 0 heterocycles. The monoisotopic (exact) mass is 313 g/mol. The largest absolute Gasteiger partial charge is 0.493 e. The Bertz CT molecular complexity index is 515. The van der Waals surface area contributed by atoms with Gasteiger partial charge < -0.3 is 20.3 Å². The molecule has 3 N–H and O–H groups in total. The first-order valence-corrected chi connectivity index (χ1v) is 7.41. The third kappa shape index (κ3) is 3.60. The van der Waals surface area contributed by atoms with Gasteiger partial charge >= 0.3 is 5.97 Å². The highest BCUT2D eigenvalue weighted by atomic mass is 35.5. The number of methoxy groups -OCH3 is 1. The zero-order valence-electron chi connectivity index (χ0n) is 12.0. The first kappa shape index (κ1) is 15.9. The zero-order chi connectivity index (χ0) is 15.4. The van der Waals surface area contributed by atoms with Gasteiger partial charge in [-0.2, -0.15) is 0 Å². The van der Waals surface area contributed by atoms with E-state index >= 15 is 0 Å². The van der Waals surface area contributed by atoms with Crippen LogP contribution >= 0.6 is 11.6 Å². The van der Waals surface area contributed by atoms with Gasteiger partial charge in [-0.25, -0.2) is 0 Å². The number of carboxylic acid groups (broad SMARTS) is 1. The summed E-state index contributed by atoms with van der Waals surface area (Å²) < 4.78 is 11.3. The second kappa shape index (κ2) is 7.00. The van der Waals surface area contributed by atoms with Gasteiger partial charge in [-0.15, -0.1) is 0 Å². The number of rotatable bonds is 6. The molecule has 2 rings (SSSR count). The SMILES string of the molecule is COc1cc(Cl)cc(C(CN)C(=O)O)c1OC1CCCC1. The van der Waals surface area contributed by atoms with E-state index in [0.717, 1.165) is 25.7 Å². The van der Waals surface area contributed by atoms with E-state index in [-0.39, 0.29) is 12.6 Å². The lowest BCUT2D eigenvalue weighted by molar-refractivity contribution is -0.138. The molecule has 1 aliphatic rings. The first-order chi connectivity index (χ1) is 10.1. The van der Waals surface area contributed by atoms with Crippen LogP contribution in [0.3, 0.4) is 0 Å². The summed E-state index contributed by atoms with van der Waals surface area (Å²) in [6, 6.07) is 3.23. The molecule has 0 radical (unpaired) electrons. The number of benzene rings is 1. The molecule has 0 spiro atoms. The molecule has 5 nitrogen and oxygen atoms in total. The quantitative estimate of drug-likeness (QED) is 0.844. The van der Waals surface area contributed by atoms with Gasteiger partial charge in [-0.1, -0.05) is 11.6 Å². The van der Waals surface area contributed by atoms with Gasteiger partial charge in [0.25, 0.3) is 0 Å². The van der Waals surface area contributed by atoms with Crippen molar-refractivity contribution in [1.82, 2.24) is 0 Å². The molecule has 1 aromatic rings. The summed E-state index contributed by atoms with van der Waals surface area (Å²) in [6.07, 6.45) is 4.26. The second-order valence-electron chi connectivity index (χ2n) is 5.18. The molecule has 1 fully saturated rings. The highest BCUT2D eigenvalue weighted by Gasteiger charge is 2.28. The minimum absolute atomic E-state index is 0.0279. The molecule has 21 heavy (non-hydrogen) atoms. The van der Waals surface area contributed by atoms with Gasteiger partial charge in [0.05, 0.1) is 19.1 Å². The average Bonchev–Trinajstić information content (AvgIpc) is 2.94. The second-order valence-corrected chi connectivity index (χ2v) is 5.61. The Labute approximate surface area is 129 Å². The lowest BCUT2D eigenvalue weighted by Gasteiger charge is -2.22. The fourth-order valence-electron chi connectivity index (χ4n) is 2.66. The normalized spacial score (nSPS) is 16.7. The van der Waals surface area contributed by atoms with Crippen molar-refractivity contribution < 1.29 is 19.4 Å². The first-order valence-electron chi connectivity index (χ1n) is 7.03. The van der Waals surface area contributed by atoms with Crippen LogP contribution in [0, 0.1) is 0 Å². The average molecular weight is 314 g/mol. The Morgan fingerprint density at radius 3 is 2.67 bits per heavy atom. The summed E-state index contributed by atoms with van der Waals surface area (Å²) in [4.78, 5) is 11.4. The van der Waals surface area contributed by atoms with E-state index in [1.807, 2.05) is 0 Å². The lowest BCUT2D eigenvalue weighted by atomic mass is 9.97. The fraction of sp³-hybridized carbons (Fsp3) is 0.533. The molecule has 1 saturated carbocycles. The van der Waals surface area contributed by atoms with Crippen molar-refractivity contribution in [2.75, 3.05) is 13.7 Å². The predicted molar refractivity (Wildman–Crippen MR) is 80.3 cm³/mol. The number of halogens is 1. The molecule has 1 aromatic carbocycles. The molecule has 6 heteroatoms. The molecule has 0 amide bonds.